The maximum atomic E-state index is 12.5. The van der Waals surface area contributed by atoms with Crippen LogP contribution in [-0.2, 0) is 10.0 Å². The fraction of sp³-hybridized carbons (Fsp3) is 0.238. The molecular weight excluding hydrogens is 410 g/mol. The quantitative estimate of drug-likeness (QED) is 0.579. The number of nitrogens with zero attached hydrogens (tertiary/aromatic N) is 3. The van der Waals surface area contributed by atoms with E-state index >= 15 is 0 Å². The number of aryl methyl sites for hydroxylation is 1. The van der Waals surface area contributed by atoms with Crippen LogP contribution in [0.1, 0.15) is 29.2 Å². The van der Waals surface area contributed by atoms with Crippen molar-refractivity contribution in [3.8, 4) is 5.75 Å². The fourth-order valence-electron chi connectivity index (χ4n) is 3.51. The Morgan fingerprint density at radius 3 is 2.52 bits per heavy atom. The zero-order valence-electron chi connectivity index (χ0n) is 16.3. The molecule has 29 heavy (non-hydrogen) atoms. The van der Waals surface area contributed by atoms with Gasteiger partial charge in [0.05, 0.1) is 30.6 Å². The minimum absolute atomic E-state index is 0.284. The number of benzene rings is 2. The lowest BCUT2D eigenvalue weighted by Gasteiger charge is -2.22. The summed E-state index contributed by atoms with van der Waals surface area (Å²) in [5.74, 6) is 0.723. The van der Waals surface area contributed by atoms with E-state index in [0.29, 0.717) is 17.7 Å². The van der Waals surface area contributed by atoms with E-state index in [1.165, 1.54) is 0 Å². The Morgan fingerprint density at radius 2 is 1.86 bits per heavy atom. The number of sulfonamides is 1. The van der Waals surface area contributed by atoms with E-state index in [2.05, 4.69) is 10.1 Å². The number of ether oxygens (including phenoxy) is 1. The van der Waals surface area contributed by atoms with Crippen LogP contribution < -0.4 is 4.74 Å². The van der Waals surface area contributed by atoms with E-state index in [1.54, 1.807) is 7.11 Å². The van der Waals surface area contributed by atoms with Crippen LogP contribution in [0.2, 0.25) is 5.15 Å². The number of hydrazone groups is 1. The smallest absolute Gasteiger partial charge is 0.247 e. The molecule has 0 saturated heterocycles. The molecule has 3 aromatic rings. The number of halogens is 1. The van der Waals surface area contributed by atoms with E-state index in [9.17, 15) is 8.42 Å². The maximum Gasteiger partial charge on any atom is 0.247 e. The van der Waals surface area contributed by atoms with Crippen molar-refractivity contribution in [2.24, 2.45) is 5.10 Å². The van der Waals surface area contributed by atoms with Crippen molar-refractivity contribution in [2.45, 2.75) is 19.4 Å². The number of fused-ring (bicyclic) bond motifs is 1. The van der Waals surface area contributed by atoms with Crippen LogP contribution in [-0.4, -0.2) is 36.9 Å². The van der Waals surface area contributed by atoms with Crippen LogP contribution in [0.25, 0.3) is 10.9 Å². The highest BCUT2D eigenvalue weighted by atomic mass is 35.5. The van der Waals surface area contributed by atoms with Gasteiger partial charge in [0, 0.05) is 17.4 Å². The van der Waals surface area contributed by atoms with Crippen molar-refractivity contribution in [3.05, 3.63) is 70.4 Å². The molecule has 1 unspecified atom stereocenters. The van der Waals surface area contributed by atoms with Crippen molar-refractivity contribution >= 4 is 38.2 Å². The van der Waals surface area contributed by atoms with E-state index in [4.69, 9.17) is 16.3 Å². The molecule has 6 nitrogen and oxygen atoms in total. The second-order valence-electron chi connectivity index (χ2n) is 7.10. The molecule has 4 rings (SSSR count). The summed E-state index contributed by atoms with van der Waals surface area (Å²) in [5.41, 5.74) is 4.01. The molecular formula is C21H20ClN3O3S. The van der Waals surface area contributed by atoms with Gasteiger partial charge in [0.1, 0.15) is 10.9 Å². The van der Waals surface area contributed by atoms with E-state index in [1.807, 2.05) is 55.5 Å². The summed E-state index contributed by atoms with van der Waals surface area (Å²) in [4.78, 5) is 4.47. The van der Waals surface area contributed by atoms with Crippen LogP contribution in [0.5, 0.6) is 5.75 Å². The normalized spacial score (nSPS) is 16.9. The van der Waals surface area contributed by atoms with E-state index in [-0.39, 0.29) is 5.15 Å². The van der Waals surface area contributed by atoms with Crippen LogP contribution >= 0.6 is 11.6 Å². The Hall–Kier alpha value is -2.64. The first-order valence-corrected chi connectivity index (χ1v) is 11.3. The van der Waals surface area contributed by atoms with Gasteiger partial charge in [0.25, 0.3) is 0 Å². The lowest BCUT2D eigenvalue weighted by atomic mass is 9.99. The van der Waals surface area contributed by atoms with Crippen molar-refractivity contribution < 1.29 is 13.2 Å². The molecule has 1 atom stereocenters. The highest BCUT2D eigenvalue weighted by Gasteiger charge is 2.36. The molecule has 1 aliphatic heterocycles. The maximum absolute atomic E-state index is 12.5. The third-order valence-corrected chi connectivity index (χ3v) is 6.26. The molecule has 8 heteroatoms. The standard InChI is InChI=1S/C21H20ClN3O3S/c1-13-4-9-18-15(10-13)11-17(21(22)23-18)20-12-19(24-25(20)29(3,26)27)14-5-7-16(28-2)8-6-14/h4-11,20H,12H2,1-3H3. The molecule has 0 radical (unpaired) electrons. The topological polar surface area (TPSA) is 71.9 Å². The summed E-state index contributed by atoms with van der Waals surface area (Å²) >= 11 is 6.47. The summed E-state index contributed by atoms with van der Waals surface area (Å²) in [6.07, 6.45) is 1.55. The molecule has 150 valence electrons. The van der Waals surface area contributed by atoms with Crippen LogP contribution in [0.3, 0.4) is 0 Å². The van der Waals surface area contributed by atoms with Gasteiger partial charge in [-0.25, -0.2) is 13.4 Å². The van der Waals surface area contributed by atoms with Crippen molar-refractivity contribution in [1.29, 1.82) is 0 Å². The number of aromatic nitrogens is 1. The zero-order valence-corrected chi connectivity index (χ0v) is 17.8. The average molecular weight is 430 g/mol. The number of hydrogen-bond donors (Lipinski definition) is 0. The number of pyridine rings is 1. The monoisotopic (exact) mass is 429 g/mol. The molecule has 0 amide bonds. The van der Waals surface area contributed by atoms with Crippen molar-refractivity contribution in [1.82, 2.24) is 9.40 Å². The van der Waals surface area contributed by atoms with Gasteiger partial charge in [-0.2, -0.15) is 9.52 Å². The van der Waals surface area contributed by atoms with E-state index in [0.717, 1.165) is 38.4 Å². The molecule has 0 saturated carbocycles. The number of hydrogen-bond acceptors (Lipinski definition) is 5. The molecule has 0 aliphatic carbocycles. The molecule has 1 aromatic heterocycles. The highest BCUT2D eigenvalue weighted by molar-refractivity contribution is 7.88. The molecule has 1 aliphatic rings. The lowest BCUT2D eigenvalue weighted by Crippen LogP contribution is -2.26. The summed E-state index contributed by atoms with van der Waals surface area (Å²) < 4.78 is 31.2. The average Bonchev–Trinajstić information content (AvgIpc) is 3.13. The van der Waals surface area contributed by atoms with Crippen molar-refractivity contribution in [2.75, 3.05) is 13.4 Å². The second kappa shape index (κ2) is 7.31. The number of rotatable bonds is 4. The minimum Gasteiger partial charge on any atom is -0.497 e. The Kier molecular flexibility index (Phi) is 4.96. The Labute approximate surface area is 174 Å². The first-order valence-electron chi connectivity index (χ1n) is 9.04. The van der Waals surface area contributed by atoms with Gasteiger partial charge < -0.3 is 4.74 Å². The van der Waals surface area contributed by atoms with Crippen molar-refractivity contribution in [3.63, 3.8) is 0 Å². The molecule has 2 heterocycles. The molecule has 0 fully saturated rings. The zero-order chi connectivity index (χ0) is 20.8. The molecule has 0 spiro atoms. The summed E-state index contributed by atoms with van der Waals surface area (Å²) in [6, 6.07) is 14.6. The molecule has 0 bridgehead atoms. The highest BCUT2D eigenvalue weighted by Crippen LogP contribution is 2.38. The van der Waals surface area contributed by atoms with Crippen LogP contribution in [0.4, 0.5) is 0 Å². The lowest BCUT2D eigenvalue weighted by molar-refractivity contribution is 0.374. The van der Waals surface area contributed by atoms with Gasteiger partial charge in [-0.3, -0.25) is 0 Å². The van der Waals surface area contributed by atoms with Crippen LogP contribution in [0.15, 0.2) is 53.6 Å². The van der Waals surface area contributed by atoms with Gasteiger partial charge in [0.2, 0.25) is 10.0 Å². The SMILES string of the molecule is COc1ccc(C2=NN(S(C)(=O)=O)C(c3cc4cc(C)ccc4nc3Cl)C2)cc1. The summed E-state index contributed by atoms with van der Waals surface area (Å²) in [7, 11) is -2.00. The molecule has 0 N–H and O–H groups in total. The first kappa shape index (κ1) is 19.7. The predicted molar refractivity (Wildman–Crippen MR) is 115 cm³/mol. The Balaban J connectivity index is 1.78. The summed E-state index contributed by atoms with van der Waals surface area (Å²) in [5, 5.41) is 5.61. The number of methoxy groups -OCH3 is 1. The van der Waals surface area contributed by atoms with Gasteiger partial charge in [-0.05, 0) is 55.0 Å². The fourth-order valence-corrected chi connectivity index (χ4v) is 4.68. The third-order valence-electron chi connectivity index (χ3n) is 4.95. The Morgan fingerprint density at radius 1 is 1.14 bits per heavy atom. The van der Waals surface area contributed by atoms with Gasteiger partial charge in [-0.15, -0.1) is 0 Å². The largest absolute Gasteiger partial charge is 0.497 e. The minimum atomic E-state index is -3.60. The Bertz CT molecular complexity index is 1220. The van der Waals surface area contributed by atoms with Gasteiger partial charge in [0.15, 0.2) is 0 Å². The van der Waals surface area contributed by atoms with Gasteiger partial charge in [-0.1, -0.05) is 23.2 Å². The predicted octanol–water partition coefficient (Wildman–Crippen LogP) is 4.32. The first-order chi connectivity index (χ1) is 13.8. The van der Waals surface area contributed by atoms with Gasteiger partial charge >= 0.3 is 0 Å². The molecule has 2 aromatic carbocycles. The third kappa shape index (κ3) is 3.80. The van der Waals surface area contributed by atoms with E-state index < -0.39 is 16.1 Å². The summed E-state index contributed by atoms with van der Waals surface area (Å²) in [6.45, 7) is 2.00. The second-order valence-corrected chi connectivity index (χ2v) is 9.29. The van der Waals surface area contributed by atoms with Crippen LogP contribution in [0, 0.1) is 6.92 Å².